The van der Waals surface area contributed by atoms with Crippen molar-refractivity contribution in [1.29, 1.82) is 0 Å². The Morgan fingerprint density at radius 1 is 0.673 bits per heavy atom. The number of aliphatic hydroxyl groups is 1. The van der Waals surface area contributed by atoms with Gasteiger partial charge in [-0.05, 0) is 116 Å². The minimum atomic E-state index is -0.423. The van der Waals surface area contributed by atoms with Gasteiger partial charge in [0, 0.05) is 12.8 Å². The summed E-state index contributed by atoms with van der Waals surface area (Å²) in [6.07, 6.45) is 10.8. The Bertz CT molecular complexity index is 1430. The minimum absolute atomic E-state index is 0.169. The molecular formula is C41H52O8. The summed E-state index contributed by atoms with van der Waals surface area (Å²) in [5.41, 5.74) is 2.49. The van der Waals surface area contributed by atoms with Crippen LogP contribution in [0.1, 0.15) is 94.8 Å². The van der Waals surface area contributed by atoms with Crippen molar-refractivity contribution < 1.29 is 38.3 Å². The predicted molar refractivity (Wildman–Crippen MR) is 188 cm³/mol. The summed E-state index contributed by atoms with van der Waals surface area (Å²) < 4.78 is 36.0. The summed E-state index contributed by atoms with van der Waals surface area (Å²) in [5.74, 6) is 2.48. The molecular weight excluding hydrogens is 620 g/mol. The number of hydrogen-bond acceptors (Lipinski definition) is 8. The SMILES string of the molecule is CCCC(OCC1CCC(O)CC1)Oc1ccc(OC(=O)c2ccc(-c3ccc(OC(CCC)OCC4CCC5OC5C4)cc3)cc2)cc1. The molecule has 3 aromatic carbocycles. The van der Waals surface area contributed by atoms with E-state index in [1.54, 1.807) is 36.4 Å². The van der Waals surface area contributed by atoms with Gasteiger partial charge < -0.3 is 33.5 Å². The number of fused-ring (bicyclic) bond motifs is 1. The van der Waals surface area contributed by atoms with Crippen molar-refractivity contribution in [3.05, 3.63) is 78.4 Å². The van der Waals surface area contributed by atoms with E-state index < -0.39 is 5.97 Å². The lowest BCUT2D eigenvalue weighted by molar-refractivity contribution is -0.101. The zero-order chi connectivity index (χ0) is 34.0. The van der Waals surface area contributed by atoms with Crippen molar-refractivity contribution in [1.82, 2.24) is 0 Å². The van der Waals surface area contributed by atoms with Crippen LogP contribution in [0.4, 0.5) is 0 Å². The van der Waals surface area contributed by atoms with E-state index in [0.717, 1.165) is 81.1 Å². The number of hydrogen-bond donors (Lipinski definition) is 1. The molecule has 2 saturated carbocycles. The number of epoxide rings is 1. The first kappa shape index (κ1) is 35.4. The number of benzene rings is 3. The number of ether oxygens (including phenoxy) is 6. The van der Waals surface area contributed by atoms with Crippen LogP contribution >= 0.6 is 0 Å². The van der Waals surface area contributed by atoms with E-state index in [-0.39, 0.29) is 18.7 Å². The molecule has 0 bridgehead atoms. The van der Waals surface area contributed by atoms with Gasteiger partial charge in [0.1, 0.15) is 17.2 Å². The first-order valence-corrected chi connectivity index (χ1v) is 18.4. The molecule has 1 saturated heterocycles. The molecule has 3 aliphatic rings. The second-order valence-electron chi connectivity index (χ2n) is 13.9. The van der Waals surface area contributed by atoms with Gasteiger partial charge in [-0.1, -0.05) is 51.0 Å². The fraction of sp³-hybridized carbons (Fsp3) is 0.537. The summed E-state index contributed by atoms with van der Waals surface area (Å²) in [7, 11) is 0. The Morgan fingerprint density at radius 3 is 1.76 bits per heavy atom. The number of rotatable bonds is 17. The van der Waals surface area contributed by atoms with Crippen molar-refractivity contribution in [2.45, 2.75) is 115 Å². The van der Waals surface area contributed by atoms with E-state index >= 15 is 0 Å². The van der Waals surface area contributed by atoms with Crippen LogP contribution in [0.3, 0.4) is 0 Å². The van der Waals surface area contributed by atoms with Crippen LogP contribution in [0.15, 0.2) is 72.8 Å². The van der Waals surface area contributed by atoms with Crippen LogP contribution in [0.2, 0.25) is 0 Å². The Hall–Kier alpha value is -3.43. The number of esters is 1. The Kier molecular flexibility index (Phi) is 12.6. The third kappa shape index (κ3) is 10.5. The molecule has 0 spiro atoms. The molecule has 8 heteroatoms. The Balaban J connectivity index is 0.959. The van der Waals surface area contributed by atoms with Crippen molar-refractivity contribution in [3.8, 4) is 28.4 Å². The van der Waals surface area contributed by atoms with Gasteiger partial charge in [0.15, 0.2) is 12.6 Å². The molecule has 1 aliphatic heterocycles. The zero-order valence-corrected chi connectivity index (χ0v) is 29.0. The predicted octanol–water partition coefficient (Wildman–Crippen LogP) is 8.73. The molecule has 0 radical (unpaired) electrons. The average molecular weight is 673 g/mol. The molecule has 1 heterocycles. The number of aliphatic hydroxyl groups excluding tert-OH is 1. The van der Waals surface area contributed by atoms with Crippen LogP contribution in [-0.4, -0.2) is 55.2 Å². The third-order valence-corrected chi connectivity index (χ3v) is 9.89. The van der Waals surface area contributed by atoms with Crippen molar-refractivity contribution in [3.63, 3.8) is 0 Å². The van der Waals surface area contributed by atoms with Gasteiger partial charge in [-0.2, -0.15) is 0 Å². The van der Waals surface area contributed by atoms with Crippen LogP contribution < -0.4 is 14.2 Å². The maximum Gasteiger partial charge on any atom is 0.343 e. The van der Waals surface area contributed by atoms with E-state index in [1.165, 1.54) is 6.42 Å². The minimum Gasteiger partial charge on any atom is -0.465 e. The van der Waals surface area contributed by atoms with E-state index in [2.05, 4.69) is 13.8 Å². The largest absolute Gasteiger partial charge is 0.465 e. The molecule has 264 valence electrons. The molecule has 5 unspecified atom stereocenters. The van der Waals surface area contributed by atoms with Crippen LogP contribution in [0.25, 0.3) is 11.1 Å². The molecule has 3 fully saturated rings. The topological polar surface area (TPSA) is 96.0 Å². The second-order valence-corrected chi connectivity index (χ2v) is 13.9. The highest BCUT2D eigenvalue weighted by Gasteiger charge is 2.43. The summed E-state index contributed by atoms with van der Waals surface area (Å²) in [6.45, 7) is 5.60. The molecule has 3 aromatic rings. The van der Waals surface area contributed by atoms with Gasteiger partial charge in [0.25, 0.3) is 0 Å². The summed E-state index contributed by atoms with van der Waals surface area (Å²) in [6, 6.07) is 22.5. The van der Waals surface area contributed by atoms with E-state index in [1.807, 2.05) is 36.4 Å². The first-order valence-electron chi connectivity index (χ1n) is 18.4. The van der Waals surface area contributed by atoms with E-state index in [4.69, 9.17) is 28.4 Å². The lowest BCUT2D eigenvalue weighted by Gasteiger charge is -2.27. The number of carbonyl (C=O) groups excluding carboxylic acids is 1. The molecule has 2 aliphatic carbocycles. The molecule has 6 rings (SSSR count). The fourth-order valence-corrected chi connectivity index (χ4v) is 6.84. The van der Waals surface area contributed by atoms with Crippen molar-refractivity contribution >= 4 is 5.97 Å². The maximum absolute atomic E-state index is 12.9. The monoisotopic (exact) mass is 672 g/mol. The lowest BCUT2D eigenvalue weighted by atomic mass is 9.88. The van der Waals surface area contributed by atoms with E-state index in [0.29, 0.717) is 54.3 Å². The van der Waals surface area contributed by atoms with Gasteiger partial charge in [-0.15, -0.1) is 0 Å². The van der Waals surface area contributed by atoms with Gasteiger partial charge >= 0.3 is 5.97 Å². The molecule has 8 nitrogen and oxygen atoms in total. The quantitative estimate of drug-likeness (QED) is 0.0659. The van der Waals surface area contributed by atoms with Gasteiger partial charge in [-0.25, -0.2) is 4.79 Å². The maximum atomic E-state index is 12.9. The van der Waals surface area contributed by atoms with Gasteiger partial charge in [0.05, 0.1) is 37.1 Å². The molecule has 0 amide bonds. The number of carbonyl (C=O) groups is 1. The fourth-order valence-electron chi connectivity index (χ4n) is 6.84. The standard InChI is InChI=1S/C41H52O8/c1-3-5-39(44-26-28-7-16-33(42)17-8-28)47-35-20-22-36(23-21-35)48-41(43)32-12-10-30(11-13-32)31-14-18-34(19-15-31)46-40(6-4-2)45-27-29-9-24-37-38(25-29)49-37/h10-15,18-23,28-29,33,37-40,42H,3-9,16-17,24-27H2,1-2H3. The molecule has 0 aromatic heterocycles. The summed E-state index contributed by atoms with van der Waals surface area (Å²) >= 11 is 0. The lowest BCUT2D eigenvalue weighted by Crippen LogP contribution is -2.27. The van der Waals surface area contributed by atoms with Gasteiger partial charge in [0.2, 0.25) is 0 Å². The first-order chi connectivity index (χ1) is 23.9. The zero-order valence-electron chi connectivity index (χ0n) is 29.0. The van der Waals surface area contributed by atoms with Gasteiger partial charge in [-0.3, -0.25) is 0 Å². The van der Waals surface area contributed by atoms with Crippen LogP contribution in [0.5, 0.6) is 17.2 Å². The normalized spacial score (nSPS) is 24.3. The molecule has 49 heavy (non-hydrogen) atoms. The Labute approximate surface area is 291 Å². The highest BCUT2D eigenvalue weighted by molar-refractivity contribution is 5.91. The highest BCUT2D eigenvalue weighted by Crippen LogP contribution is 2.39. The average Bonchev–Trinajstić information content (AvgIpc) is 3.91. The van der Waals surface area contributed by atoms with Crippen molar-refractivity contribution in [2.24, 2.45) is 11.8 Å². The summed E-state index contributed by atoms with van der Waals surface area (Å²) in [4.78, 5) is 12.9. The Morgan fingerprint density at radius 2 is 1.18 bits per heavy atom. The second kappa shape index (κ2) is 17.5. The van der Waals surface area contributed by atoms with Crippen LogP contribution in [0, 0.1) is 11.8 Å². The molecule has 5 atom stereocenters. The van der Waals surface area contributed by atoms with Crippen LogP contribution in [-0.2, 0) is 14.2 Å². The highest BCUT2D eigenvalue weighted by atomic mass is 16.7. The smallest absolute Gasteiger partial charge is 0.343 e. The van der Waals surface area contributed by atoms with Crippen molar-refractivity contribution in [2.75, 3.05) is 13.2 Å². The summed E-state index contributed by atoms with van der Waals surface area (Å²) in [5, 5.41) is 9.76. The van der Waals surface area contributed by atoms with E-state index in [9.17, 15) is 9.90 Å². The third-order valence-electron chi connectivity index (χ3n) is 9.89. The molecule has 1 N–H and O–H groups in total.